The smallest absolute Gasteiger partial charge is 0.222 e. The summed E-state index contributed by atoms with van der Waals surface area (Å²) in [5.41, 5.74) is 0.726. The van der Waals surface area contributed by atoms with Gasteiger partial charge in [-0.05, 0) is 30.0 Å². The van der Waals surface area contributed by atoms with Crippen LogP contribution in [-0.2, 0) is 11.2 Å². The number of carbonyl (C=O) groups is 1. The average molecular weight is 282 g/mol. The molecule has 1 aliphatic rings. The van der Waals surface area contributed by atoms with Crippen LogP contribution in [0, 0.1) is 17.6 Å². The first-order valence-electron chi connectivity index (χ1n) is 6.98. The fourth-order valence-corrected chi connectivity index (χ4v) is 2.48. The van der Waals surface area contributed by atoms with Crippen LogP contribution in [0.3, 0.4) is 0 Å². The summed E-state index contributed by atoms with van der Waals surface area (Å²) in [5, 5.41) is 3.20. The lowest BCUT2D eigenvalue weighted by molar-refractivity contribution is -0.132. The van der Waals surface area contributed by atoms with Gasteiger partial charge in [0.25, 0.3) is 0 Å². The van der Waals surface area contributed by atoms with Gasteiger partial charge in [-0.3, -0.25) is 4.79 Å². The van der Waals surface area contributed by atoms with E-state index in [0.29, 0.717) is 12.8 Å². The van der Waals surface area contributed by atoms with Gasteiger partial charge in [0, 0.05) is 32.6 Å². The number of hydrogen-bond acceptors (Lipinski definition) is 2. The van der Waals surface area contributed by atoms with Crippen LogP contribution in [0.2, 0.25) is 0 Å². The standard InChI is InChI=1S/C15H20F2N2O/c1-11(8-12-2-3-13(16)14(17)10-12)9-15(20)19-6-4-18-5-7-19/h2-3,10-11,18H,4-9H2,1H3. The van der Waals surface area contributed by atoms with Crippen molar-refractivity contribution in [3.05, 3.63) is 35.4 Å². The number of amides is 1. The number of piperazine rings is 1. The Morgan fingerprint density at radius 1 is 1.30 bits per heavy atom. The van der Waals surface area contributed by atoms with Gasteiger partial charge in [0.15, 0.2) is 11.6 Å². The zero-order chi connectivity index (χ0) is 14.5. The summed E-state index contributed by atoms with van der Waals surface area (Å²) in [4.78, 5) is 13.9. The first-order valence-corrected chi connectivity index (χ1v) is 6.98. The monoisotopic (exact) mass is 282 g/mol. The minimum Gasteiger partial charge on any atom is -0.340 e. The Kier molecular flexibility index (Phi) is 5.06. The van der Waals surface area contributed by atoms with Gasteiger partial charge in [0.1, 0.15) is 0 Å². The molecule has 1 aromatic rings. The molecular formula is C15H20F2N2O. The van der Waals surface area contributed by atoms with E-state index >= 15 is 0 Å². The highest BCUT2D eigenvalue weighted by molar-refractivity contribution is 5.76. The first kappa shape index (κ1) is 14.9. The Labute approximate surface area is 118 Å². The molecule has 2 rings (SSSR count). The number of hydrogen-bond donors (Lipinski definition) is 1. The number of nitrogens with zero attached hydrogens (tertiary/aromatic N) is 1. The van der Waals surface area contributed by atoms with Crippen LogP contribution in [-0.4, -0.2) is 37.0 Å². The van der Waals surface area contributed by atoms with E-state index in [1.807, 2.05) is 11.8 Å². The summed E-state index contributed by atoms with van der Waals surface area (Å²) in [6.45, 7) is 5.13. The number of halogens is 2. The van der Waals surface area contributed by atoms with Gasteiger partial charge in [0.2, 0.25) is 5.91 Å². The molecule has 1 amide bonds. The lowest BCUT2D eigenvalue weighted by Crippen LogP contribution is -2.46. The summed E-state index contributed by atoms with van der Waals surface area (Å²) in [5.74, 6) is -1.41. The van der Waals surface area contributed by atoms with Crippen molar-refractivity contribution >= 4 is 5.91 Å². The predicted octanol–water partition coefficient (Wildman–Crippen LogP) is 1.97. The Bertz CT molecular complexity index is 473. The molecule has 110 valence electrons. The largest absolute Gasteiger partial charge is 0.340 e. The Morgan fingerprint density at radius 3 is 2.65 bits per heavy atom. The van der Waals surface area contributed by atoms with Crippen molar-refractivity contribution in [1.82, 2.24) is 10.2 Å². The molecule has 1 N–H and O–H groups in total. The zero-order valence-electron chi connectivity index (χ0n) is 11.7. The van der Waals surface area contributed by atoms with Gasteiger partial charge in [-0.25, -0.2) is 8.78 Å². The summed E-state index contributed by atoms with van der Waals surface area (Å²) < 4.78 is 26.0. The van der Waals surface area contributed by atoms with E-state index in [2.05, 4.69) is 5.32 Å². The molecule has 1 aliphatic heterocycles. The molecule has 0 saturated carbocycles. The van der Waals surface area contributed by atoms with Crippen molar-refractivity contribution in [2.75, 3.05) is 26.2 Å². The molecule has 1 unspecified atom stereocenters. The number of nitrogens with one attached hydrogen (secondary N) is 1. The third kappa shape index (κ3) is 4.00. The number of benzene rings is 1. The molecule has 0 aliphatic carbocycles. The third-order valence-corrected chi connectivity index (χ3v) is 3.56. The van der Waals surface area contributed by atoms with Crippen LogP contribution in [0.4, 0.5) is 8.78 Å². The van der Waals surface area contributed by atoms with Crippen LogP contribution in [0.1, 0.15) is 18.9 Å². The molecule has 5 heteroatoms. The Balaban J connectivity index is 1.86. The minimum atomic E-state index is -0.835. The molecule has 1 atom stereocenters. The molecule has 1 fully saturated rings. The van der Waals surface area contributed by atoms with Crippen LogP contribution in [0.15, 0.2) is 18.2 Å². The average Bonchev–Trinajstić information content (AvgIpc) is 2.44. The fourth-order valence-electron chi connectivity index (χ4n) is 2.48. The van der Waals surface area contributed by atoms with E-state index in [0.717, 1.165) is 37.8 Å². The molecule has 1 saturated heterocycles. The molecule has 0 radical (unpaired) electrons. The topological polar surface area (TPSA) is 32.3 Å². The summed E-state index contributed by atoms with van der Waals surface area (Å²) in [7, 11) is 0. The van der Waals surface area contributed by atoms with Gasteiger partial charge in [0.05, 0.1) is 0 Å². The molecule has 0 bridgehead atoms. The van der Waals surface area contributed by atoms with E-state index in [4.69, 9.17) is 0 Å². The van der Waals surface area contributed by atoms with Crippen molar-refractivity contribution in [2.45, 2.75) is 19.8 Å². The normalized spacial score (nSPS) is 17.1. The van der Waals surface area contributed by atoms with Gasteiger partial charge >= 0.3 is 0 Å². The highest BCUT2D eigenvalue weighted by Crippen LogP contribution is 2.16. The van der Waals surface area contributed by atoms with Gasteiger partial charge < -0.3 is 10.2 Å². The van der Waals surface area contributed by atoms with Gasteiger partial charge in [-0.15, -0.1) is 0 Å². The van der Waals surface area contributed by atoms with E-state index < -0.39 is 11.6 Å². The van der Waals surface area contributed by atoms with E-state index in [1.165, 1.54) is 6.07 Å². The molecule has 0 aromatic heterocycles. The zero-order valence-corrected chi connectivity index (χ0v) is 11.7. The highest BCUT2D eigenvalue weighted by atomic mass is 19.2. The van der Waals surface area contributed by atoms with Crippen molar-refractivity contribution in [3.8, 4) is 0 Å². The van der Waals surface area contributed by atoms with E-state index in [1.54, 1.807) is 6.07 Å². The molecule has 20 heavy (non-hydrogen) atoms. The van der Waals surface area contributed by atoms with Gasteiger partial charge in [-0.1, -0.05) is 13.0 Å². The summed E-state index contributed by atoms with van der Waals surface area (Å²) >= 11 is 0. The van der Waals surface area contributed by atoms with Crippen molar-refractivity contribution in [1.29, 1.82) is 0 Å². The van der Waals surface area contributed by atoms with Gasteiger partial charge in [-0.2, -0.15) is 0 Å². The lowest BCUT2D eigenvalue weighted by Gasteiger charge is -2.28. The minimum absolute atomic E-state index is 0.113. The summed E-state index contributed by atoms with van der Waals surface area (Å²) in [6, 6.07) is 3.92. The second-order valence-corrected chi connectivity index (χ2v) is 5.39. The van der Waals surface area contributed by atoms with E-state index in [9.17, 15) is 13.6 Å². The second-order valence-electron chi connectivity index (χ2n) is 5.39. The Morgan fingerprint density at radius 2 is 2.00 bits per heavy atom. The maximum atomic E-state index is 13.1. The number of carbonyl (C=O) groups excluding carboxylic acids is 1. The molecular weight excluding hydrogens is 262 g/mol. The van der Waals surface area contributed by atoms with Crippen LogP contribution >= 0.6 is 0 Å². The summed E-state index contributed by atoms with van der Waals surface area (Å²) in [6.07, 6.45) is 1.02. The molecule has 0 spiro atoms. The maximum Gasteiger partial charge on any atom is 0.222 e. The predicted molar refractivity (Wildman–Crippen MR) is 73.3 cm³/mol. The first-order chi connectivity index (χ1) is 9.56. The van der Waals surface area contributed by atoms with Crippen LogP contribution in [0.5, 0.6) is 0 Å². The second kappa shape index (κ2) is 6.79. The SMILES string of the molecule is CC(CC(=O)N1CCNCC1)Cc1ccc(F)c(F)c1. The quantitative estimate of drug-likeness (QED) is 0.915. The molecule has 1 aromatic carbocycles. The molecule has 1 heterocycles. The fraction of sp³-hybridized carbons (Fsp3) is 0.533. The van der Waals surface area contributed by atoms with Crippen LogP contribution < -0.4 is 5.32 Å². The highest BCUT2D eigenvalue weighted by Gasteiger charge is 2.18. The lowest BCUT2D eigenvalue weighted by atomic mass is 9.97. The van der Waals surface area contributed by atoms with E-state index in [-0.39, 0.29) is 11.8 Å². The van der Waals surface area contributed by atoms with Crippen molar-refractivity contribution in [2.24, 2.45) is 5.92 Å². The van der Waals surface area contributed by atoms with Crippen molar-refractivity contribution < 1.29 is 13.6 Å². The number of rotatable bonds is 4. The third-order valence-electron chi connectivity index (χ3n) is 3.56. The Hall–Kier alpha value is -1.49. The maximum absolute atomic E-state index is 13.1. The molecule has 3 nitrogen and oxygen atoms in total. The van der Waals surface area contributed by atoms with Crippen molar-refractivity contribution in [3.63, 3.8) is 0 Å². The van der Waals surface area contributed by atoms with Crippen LogP contribution in [0.25, 0.3) is 0 Å².